The van der Waals surface area contributed by atoms with E-state index >= 15 is 0 Å². The molecule has 1 aliphatic rings. The highest BCUT2D eigenvalue weighted by molar-refractivity contribution is 5.79. The highest BCUT2D eigenvalue weighted by Crippen LogP contribution is 2.23. The molecule has 0 saturated heterocycles. The standard InChI is InChI=1S/C16H23NO2/c1-12-10-13(4-9-16(12)19-3)11-17(2)14-5-7-15(18)8-6-14/h4,9-10,14H,5-8,11H2,1-3H3. The van der Waals surface area contributed by atoms with E-state index in [-0.39, 0.29) is 0 Å². The van der Waals surface area contributed by atoms with Crippen LogP contribution in [0, 0.1) is 6.92 Å². The monoisotopic (exact) mass is 261 g/mol. The van der Waals surface area contributed by atoms with Gasteiger partial charge in [-0.15, -0.1) is 0 Å². The molecule has 1 saturated carbocycles. The number of rotatable bonds is 4. The molecule has 1 aromatic rings. The summed E-state index contributed by atoms with van der Waals surface area (Å²) in [6.45, 7) is 3.01. The quantitative estimate of drug-likeness (QED) is 0.834. The van der Waals surface area contributed by atoms with Gasteiger partial charge < -0.3 is 4.74 Å². The summed E-state index contributed by atoms with van der Waals surface area (Å²) in [4.78, 5) is 13.6. The summed E-state index contributed by atoms with van der Waals surface area (Å²) in [6.07, 6.45) is 3.50. The van der Waals surface area contributed by atoms with Gasteiger partial charge in [-0.3, -0.25) is 9.69 Å². The van der Waals surface area contributed by atoms with Gasteiger partial charge in [0.1, 0.15) is 11.5 Å². The van der Waals surface area contributed by atoms with E-state index in [2.05, 4.69) is 31.0 Å². The second-order valence-electron chi connectivity index (χ2n) is 5.49. The van der Waals surface area contributed by atoms with Crippen LogP contribution in [0.1, 0.15) is 36.8 Å². The Labute approximate surface area is 115 Å². The molecule has 0 spiro atoms. The molecule has 104 valence electrons. The maximum absolute atomic E-state index is 11.3. The topological polar surface area (TPSA) is 29.5 Å². The summed E-state index contributed by atoms with van der Waals surface area (Å²) in [5.41, 5.74) is 2.48. The van der Waals surface area contributed by atoms with E-state index in [1.54, 1.807) is 7.11 Å². The van der Waals surface area contributed by atoms with Crippen molar-refractivity contribution in [1.29, 1.82) is 0 Å². The van der Waals surface area contributed by atoms with Crippen LogP contribution < -0.4 is 4.74 Å². The number of aryl methyl sites for hydroxylation is 1. The third kappa shape index (κ3) is 3.57. The van der Waals surface area contributed by atoms with Crippen molar-refractivity contribution in [2.75, 3.05) is 14.2 Å². The smallest absolute Gasteiger partial charge is 0.133 e. The first-order valence-electron chi connectivity index (χ1n) is 6.95. The summed E-state index contributed by atoms with van der Waals surface area (Å²) < 4.78 is 5.28. The number of ether oxygens (including phenoxy) is 1. The average molecular weight is 261 g/mol. The van der Waals surface area contributed by atoms with Crippen LogP contribution in [0.4, 0.5) is 0 Å². The van der Waals surface area contributed by atoms with E-state index in [0.29, 0.717) is 11.8 Å². The van der Waals surface area contributed by atoms with Gasteiger partial charge in [0.15, 0.2) is 0 Å². The lowest BCUT2D eigenvalue weighted by Crippen LogP contribution is -2.34. The maximum Gasteiger partial charge on any atom is 0.133 e. The molecule has 0 unspecified atom stereocenters. The number of nitrogens with zero attached hydrogens (tertiary/aromatic N) is 1. The zero-order chi connectivity index (χ0) is 13.8. The lowest BCUT2D eigenvalue weighted by atomic mass is 9.93. The zero-order valence-electron chi connectivity index (χ0n) is 12.1. The van der Waals surface area contributed by atoms with E-state index in [4.69, 9.17) is 4.74 Å². The molecule has 1 fully saturated rings. The molecule has 0 N–H and O–H groups in total. The molecule has 1 aliphatic carbocycles. The number of methoxy groups -OCH3 is 1. The highest BCUT2D eigenvalue weighted by atomic mass is 16.5. The molecule has 0 aliphatic heterocycles. The second-order valence-corrected chi connectivity index (χ2v) is 5.49. The fourth-order valence-corrected chi connectivity index (χ4v) is 2.82. The van der Waals surface area contributed by atoms with Gasteiger partial charge in [-0.1, -0.05) is 12.1 Å². The van der Waals surface area contributed by atoms with Crippen molar-refractivity contribution in [3.63, 3.8) is 0 Å². The Morgan fingerprint density at radius 3 is 2.58 bits per heavy atom. The van der Waals surface area contributed by atoms with Gasteiger partial charge >= 0.3 is 0 Å². The van der Waals surface area contributed by atoms with E-state index < -0.39 is 0 Å². The van der Waals surface area contributed by atoms with Gasteiger partial charge in [-0.2, -0.15) is 0 Å². The van der Waals surface area contributed by atoms with E-state index in [1.807, 2.05) is 6.07 Å². The molecule has 3 heteroatoms. The maximum atomic E-state index is 11.3. The molecule has 0 bridgehead atoms. The minimum Gasteiger partial charge on any atom is -0.496 e. The molecule has 0 radical (unpaired) electrons. The number of carbonyl (C=O) groups excluding carboxylic acids is 1. The molecule has 2 rings (SSSR count). The average Bonchev–Trinajstić information content (AvgIpc) is 2.39. The van der Waals surface area contributed by atoms with Crippen molar-refractivity contribution >= 4 is 5.78 Å². The van der Waals surface area contributed by atoms with Crippen molar-refractivity contribution in [2.45, 2.75) is 45.2 Å². The first kappa shape index (κ1) is 14.1. The van der Waals surface area contributed by atoms with Crippen molar-refractivity contribution < 1.29 is 9.53 Å². The molecular weight excluding hydrogens is 238 g/mol. The predicted octanol–water partition coefficient (Wildman–Crippen LogP) is 2.95. The van der Waals surface area contributed by atoms with Gasteiger partial charge in [0.25, 0.3) is 0 Å². The molecular formula is C16H23NO2. The van der Waals surface area contributed by atoms with Crippen LogP contribution in [0.15, 0.2) is 18.2 Å². The highest BCUT2D eigenvalue weighted by Gasteiger charge is 2.22. The van der Waals surface area contributed by atoms with Crippen LogP contribution >= 0.6 is 0 Å². The summed E-state index contributed by atoms with van der Waals surface area (Å²) in [5, 5.41) is 0. The van der Waals surface area contributed by atoms with Crippen LogP contribution in [-0.2, 0) is 11.3 Å². The van der Waals surface area contributed by atoms with Crippen LogP contribution in [-0.4, -0.2) is 30.9 Å². The SMILES string of the molecule is COc1ccc(CN(C)C2CCC(=O)CC2)cc1C. The van der Waals surface area contributed by atoms with Gasteiger partial charge in [0.05, 0.1) is 7.11 Å². The minimum absolute atomic E-state index is 0.421. The Balaban J connectivity index is 1.96. The lowest BCUT2D eigenvalue weighted by Gasteiger charge is -2.30. The van der Waals surface area contributed by atoms with Crippen molar-refractivity contribution in [1.82, 2.24) is 4.90 Å². The Bertz CT molecular complexity index is 446. The largest absolute Gasteiger partial charge is 0.496 e. The Morgan fingerprint density at radius 1 is 1.32 bits per heavy atom. The predicted molar refractivity (Wildman–Crippen MR) is 76.5 cm³/mol. The molecule has 19 heavy (non-hydrogen) atoms. The summed E-state index contributed by atoms with van der Waals surface area (Å²) in [6, 6.07) is 6.88. The van der Waals surface area contributed by atoms with E-state index in [9.17, 15) is 4.79 Å². The number of Topliss-reactive ketones (excluding diaryl/α,β-unsaturated/α-hetero) is 1. The molecule has 3 nitrogen and oxygen atoms in total. The number of carbonyl (C=O) groups is 1. The fraction of sp³-hybridized carbons (Fsp3) is 0.562. The Kier molecular flexibility index (Phi) is 4.59. The molecule has 0 atom stereocenters. The first-order valence-corrected chi connectivity index (χ1v) is 6.95. The number of benzene rings is 1. The fourth-order valence-electron chi connectivity index (χ4n) is 2.82. The van der Waals surface area contributed by atoms with Gasteiger partial charge in [-0.25, -0.2) is 0 Å². The van der Waals surface area contributed by atoms with Crippen LogP contribution in [0.2, 0.25) is 0 Å². The minimum atomic E-state index is 0.421. The van der Waals surface area contributed by atoms with Crippen molar-refractivity contribution in [3.05, 3.63) is 29.3 Å². The normalized spacial score (nSPS) is 16.9. The van der Waals surface area contributed by atoms with Crippen LogP contribution in [0.25, 0.3) is 0 Å². The van der Waals surface area contributed by atoms with Gasteiger partial charge in [0, 0.05) is 25.4 Å². The second kappa shape index (κ2) is 6.20. The first-order chi connectivity index (χ1) is 9.10. The summed E-state index contributed by atoms with van der Waals surface area (Å²) >= 11 is 0. The third-order valence-corrected chi connectivity index (χ3v) is 4.03. The Morgan fingerprint density at radius 2 is 2.00 bits per heavy atom. The van der Waals surface area contributed by atoms with Crippen molar-refractivity contribution in [2.24, 2.45) is 0 Å². The molecule has 0 amide bonds. The van der Waals surface area contributed by atoms with Crippen molar-refractivity contribution in [3.8, 4) is 5.75 Å². The van der Waals surface area contributed by atoms with Gasteiger partial charge in [0.2, 0.25) is 0 Å². The van der Waals surface area contributed by atoms with E-state index in [1.165, 1.54) is 11.1 Å². The lowest BCUT2D eigenvalue weighted by molar-refractivity contribution is -0.121. The summed E-state index contributed by atoms with van der Waals surface area (Å²) in [7, 11) is 3.85. The molecule has 1 aromatic carbocycles. The van der Waals surface area contributed by atoms with Crippen LogP contribution in [0.5, 0.6) is 5.75 Å². The molecule has 0 aromatic heterocycles. The van der Waals surface area contributed by atoms with E-state index in [0.717, 1.165) is 38.0 Å². The van der Waals surface area contributed by atoms with Crippen LogP contribution in [0.3, 0.4) is 0 Å². The Hall–Kier alpha value is -1.35. The summed E-state index contributed by atoms with van der Waals surface area (Å²) in [5.74, 6) is 1.36. The number of hydrogen-bond donors (Lipinski definition) is 0. The number of ketones is 1. The van der Waals surface area contributed by atoms with Gasteiger partial charge in [-0.05, 0) is 44.0 Å². The third-order valence-electron chi connectivity index (χ3n) is 4.03. The molecule has 0 heterocycles. The zero-order valence-corrected chi connectivity index (χ0v) is 12.1. The number of hydrogen-bond acceptors (Lipinski definition) is 3.